The van der Waals surface area contributed by atoms with Crippen LogP contribution in [-0.2, 0) is 6.18 Å². The second kappa shape index (κ2) is 7.66. The number of hydrogen-bond acceptors (Lipinski definition) is 5. The molecule has 5 nitrogen and oxygen atoms in total. The van der Waals surface area contributed by atoms with Gasteiger partial charge < -0.3 is 4.74 Å². The Hall–Kier alpha value is -3.73. The predicted molar refractivity (Wildman–Crippen MR) is 80.1 cm³/mol. The van der Waals surface area contributed by atoms with Gasteiger partial charge in [0, 0.05) is 0 Å². The SMILES string of the molecule is N#CC(C#N)=NNc1c(F)cccc1Oc1c(F)cc(C(F)(F)F)cc1F. The van der Waals surface area contributed by atoms with Crippen molar-refractivity contribution in [3.63, 3.8) is 0 Å². The van der Waals surface area contributed by atoms with Gasteiger partial charge in [0.25, 0.3) is 0 Å². The van der Waals surface area contributed by atoms with Gasteiger partial charge in [-0.1, -0.05) is 6.07 Å². The van der Waals surface area contributed by atoms with E-state index < -0.39 is 52.1 Å². The van der Waals surface area contributed by atoms with Crippen LogP contribution in [0.5, 0.6) is 11.5 Å². The number of rotatable bonds is 4. The largest absolute Gasteiger partial charge is 0.449 e. The number of benzene rings is 2. The molecule has 0 heterocycles. The van der Waals surface area contributed by atoms with Gasteiger partial charge in [-0.25, -0.2) is 13.2 Å². The lowest BCUT2D eigenvalue weighted by molar-refractivity contribution is -0.138. The first-order chi connectivity index (χ1) is 12.7. The van der Waals surface area contributed by atoms with Crippen molar-refractivity contribution in [3.8, 4) is 23.6 Å². The third-order valence-electron chi connectivity index (χ3n) is 3.00. The van der Waals surface area contributed by atoms with Gasteiger partial charge in [0.1, 0.15) is 17.8 Å². The number of nitriles is 2. The van der Waals surface area contributed by atoms with Crippen molar-refractivity contribution in [2.45, 2.75) is 6.18 Å². The second-order valence-corrected chi connectivity index (χ2v) is 4.78. The Balaban J connectivity index is 2.45. The fourth-order valence-electron chi connectivity index (χ4n) is 1.82. The molecule has 0 spiro atoms. The van der Waals surface area contributed by atoms with Crippen LogP contribution in [0.15, 0.2) is 35.4 Å². The Morgan fingerprint density at radius 3 is 2.11 bits per heavy atom. The fraction of sp³-hybridized carbons (Fsp3) is 0.0625. The van der Waals surface area contributed by atoms with Crippen LogP contribution in [0.2, 0.25) is 0 Å². The van der Waals surface area contributed by atoms with Gasteiger partial charge in [-0.2, -0.15) is 28.8 Å². The molecule has 0 aliphatic carbocycles. The molecule has 138 valence electrons. The molecule has 0 fully saturated rings. The van der Waals surface area contributed by atoms with Gasteiger partial charge in [0.2, 0.25) is 5.71 Å². The number of para-hydroxylation sites is 1. The highest BCUT2D eigenvalue weighted by Gasteiger charge is 2.33. The zero-order chi connectivity index (χ0) is 20.2. The maximum Gasteiger partial charge on any atom is 0.416 e. The highest BCUT2D eigenvalue weighted by molar-refractivity contribution is 6.10. The summed E-state index contributed by atoms with van der Waals surface area (Å²) in [4.78, 5) is 0. The van der Waals surface area contributed by atoms with E-state index in [9.17, 15) is 26.3 Å². The number of alkyl halides is 3. The van der Waals surface area contributed by atoms with E-state index >= 15 is 0 Å². The first-order valence-corrected chi connectivity index (χ1v) is 6.84. The average molecular weight is 384 g/mol. The molecule has 0 aliphatic heterocycles. The summed E-state index contributed by atoms with van der Waals surface area (Å²) in [6.45, 7) is 0. The lowest BCUT2D eigenvalue weighted by atomic mass is 10.2. The van der Waals surface area contributed by atoms with Crippen molar-refractivity contribution >= 4 is 11.4 Å². The van der Waals surface area contributed by atoms with E-state index in [-0.39, 0.29) is 12.1 Å². The first-order valence-electron chi connectivity index (χ1n) is 6.84. The molecular formula is C16H6F6N4O. The topological polar surface area (TPSA) is 81.2 Å². The molecule has 0 bridgehead atoms. The standard InChI is InChI=1S/C16H6F6N4O/c17-10-2-1-3-13(14(10)26-25-9(6-23)7-24)27-15-11(18)4-8(5-12(15)19)16(20,21)22/h1-5,26H. The molecule has 1 N–H and O–H groups in total. The van der Waals surface area contributed by atoms with Gasteiger partial charge >= 0.3 is 6.18 Å². The van der Waals surface area contributed by atoms with Crippen molar-refractivity contribution < 1.29 is 31.1 Å². The molecular weight excluding hydrogens is 378 g/mol. The minimum Gasteiger partial charge on any atom is -0.449 e. The van der Waals surface area contributed by atoms with Gasteiger partial charge in [-0.05, 0) is 24.3 Å². The Morgan fingerprint density at radius 2 is 1.59 bits per heavy atom. The Labute approximate surface area is 147 Å². The van der Waals surface area contributed by atoms with Crippen molar-refractivity contribution in [1.82, 2.24) is 0 Å². The fourth-order valence-corrected chi connectivity index (χ4v) is 1.82. The van der Waals surface area contributed by atoms with E-state index in [2.05, 4.69) is 5.10 Å². The number of hydrogen-bond donors (Lipinski definition) is 1. The number of nitrogens with zero attached hydrogens (tertiary/aromatic N) is 3. The lowest BCUT2D eigenvalue weighted by Gasteiger charge is -2.14. The van der Waals surface area contributed by atoms with Gasteiger partial charge in [0.05, 0.1) is 5.56 Å². The summed E-state index contributed by atoms with van der Waals surface area (Å²) in [5, 5.41) is 20.4. The summed E-state index contributed by atoms with van der Waals surface area (Å²) in [7, 11) is 0. The molecule has 0 unspecified atom stereocenters. The summed E-state index contributed by atoms with van der Waals surface area (Å²) in [5.41, 5.74) is -0.855. The lowest BCUT2D eigenvalue weighted by Crippen LogP contribution is -2.07. The van der Waals surface area contributed by atoms with Crippen LogP contribution >= 0.6 is 0 Å². The van der Waals surface area contributed by atoms with Crippen LogP contribution in [-0.4, -0.2) is 5.71 Å². The van der Waals surface area contributed by atoms with Gasteiger partial charge in [-0.3, -0.25) is 5.43 Å². The molecule has 0 aromatic heterocycles. The predicted octanol–water partition coefficient (Wildman–Crippen LogP) is 4.73. The highest BCUT2D eigenvalue weighted by atomic mass is 19.4. The second-order valence-electron chi connectivity index (χ2n) is 4.78. The van der Waals surface area contributed by atoms with Crippen LogP contribution in [0, 0.1) is 40.1 Å². The molecule has 11 heteroatoms. The Morgan fingerprint density at radius 1 is 1.00 bits per heavy atom. The molecule has 0 radical (unpaired) electrons. The van der Waals surface area contributed by atoms with Crippen molar-refractivity contribution in [2.75, 3.05) is 5.43 Å². The number of halogens is 6. The number of nitrogens with one attached hydrogen (secondary N) is 1. The number of hydrazone groups is 1. The molecule has 27 heavy (non-hydrogen) atoms. The van der Waals surface area contributed by atoms with E-state index in [1.54, 1.807) is 0 Å². The molecule has 0 aliphatic rings. The van der Waals surface area contributed by atoms with Crippen LogP contribution in [0.1, 0.15) is 5.56 Å². The molecule has 0 saturated heterocycles. The summed E-state index contributed by atoms with van der Waals surface area (Å²) in [6, 6.07) is 5.85. The number of ether oxygens (including phenoxy) is 1. The van der Waals surface area contributed by atoms with E-state index in [1.165, 1.54) is 12.1 Å². The van der Waals surface area contributed by atoms with E-state index in [4.69, 9.17) is 15.3 Å². The molecule has 2 aromatic carbocycles. The van der Waals surface area contributed by atoms with E-state index in [0.29, 0.717) is 0 Å². The monoisotopic (exact) mass is 384 g/mol. The first kappa shape index (κ1) is 19.6. The van der Waals surface area contributed by atoms with Gasteiger partial charge in [-0.15, -0.1) is 0 Å². The molecule has 0 amide bonds. The summed E-state index contributed by atoms with van der Waals surface area (Å²) in [5.74, 6) is -6.13. The maximum absolute atomic E-state index is 13.9. The number of anilines is 1. The summed E-state index contributed by atoms with van der Waals surface area (Å²) in [6.07, 6.45) is -4.98. The van der Waals surface area contributed by atoms with Gasteiger partial charge in [0.15, 0.2) is 29.0 Å². The van der Waals surface area contributed by atoms with Crippen molar-refractivity contribution in [2.24, 2.45) is 5.10 Å². The molecule has 0 saturated carbocycles. The smallest absolute Gasteiger partial charge is 0.416 e. The van der Waals surface area contributed by atoms with Crippen LogP contribution in [0.4, 0.5) is 32.0 Å². The quantitative estimate of drug-likeness (QED) is 0.469. The van der Waals surface area contributed by atoms with Crippen molar-refractivity contribution in [1.29, 1.82) is 10.5 Å². The zero-order valence-corrected chi connectivity index (χ0v) is 12.9. The van der Waals surface area contributed by atoms with Crippen LogP contribution in [0.3, 0.4) is 0 Å². The summed E-state index contributed by atoms with van der Waals surface area (Å²) < 4.78 is 84.3. The van der Waals surface area contributed by atoms with E-state index in [0.717, 1.165) is 18.2 Å². The van der Waals surface area contributed by atoms with Crippen LogP contribution in [0.25, 0.3) is 0 Å². The van der Waals surface area contributed by atoms with Crippen LogP contribution < -0.4 is 10.2 Å². The third-order valence-corrected chi connectivity index (χ3v) is 3.00. The normalized spacial score (nSPS) is 10.5. The van der Waals surface area contributed by atoms with E-state index in [1.807, 2.05) is 5.43 Å². The maximum atomic E-state index is 13.9. The molecule has 2 rings (SSSR count). The minimum atomic E-state index is -4.98. The average Bonchev–Trinajstić information content (AvgIpc) is 2.59. The highest BCUT2D eigenvalue weighted by Crippen LogP contribution is 2.38. The minimum absolute atomic E-state index is 0.0203. The summed E-state index contributed by atoms with van der Waals surface area (Å²) >= 11 is 0. The Bertz CT molecular complexity index is 949. The third kappa shape index (κ3) is 4.46. The van der Waals surface area contributed by atoms with Crippen molar-refractivity contribution in [3.05, 3.63) is 53.3 Å². The molecule has 2 aromatic rings. The zero-order valence-electron chi connectivity index (χ0n) is 12.9. The Kier molecular flexibility index (Phi) is 5.56. The molecule has 0 atom stereocenters.